The van der Waals surface area contributed by atoms with Crippen LogP contribution in [-0.2, 0) is 19.2 Å². The van der Waals surface area contributed by atoms with Crippen LogP contribution in [-0.4, -0.2) is 73.5 Å². The number of amides is 2. The fraction of sp³-hybridized carbons (Fsp3) is 0.263. The number of aromatic nitrogens is 2. The fourth-order valence-corrected chi connectivity index (χ4v) is 6.22. The summed E-state index contributed by atoms with van der Waals surface area (Å²) in [5.41, 5.74) is 6.33. The molecular formula is C19H18N6O5S3. The molecule has 2 aliphatic heterocycles. The number of nitrogens with two attached hydrogens (primary N) is 1. The molecule has 4 rings (SSSR count). The molecule has 11 nitrogen and oxygen atoms in total. The lowest BCUT2D eigenvalue weighted by molar-refractivity contribution is -0.150. The summed E-state index contributed by atoms with van der Waals surface area (Å²) >= 11 is 4.00. The molecule has 4 N–H and O–H groups in total. The van der Waals surface area contributed by atoms with E-state index in [1.807, 2.05) is 12.1 Å². The number of nitrogen functional groups attached to an aromatic ring is 1. The minimum Gasteiger partial charge on any atom is -0.477 e. The number of hydrogen-bond donors (Lipinski definition) is 3. The Morgan fingerprint density at radius 2 is 2.18 bits per heavy atom. The molecule has 1 saturated heterocycles. The third-order valence-corrected chi connectivity index (χ3v) is 7.87. The van der Waals surface area contributed by atoms with Crippen molar-refractivity contribution in [2.75, 3.05) is 24.3 Å². The number of nitrogens with one attached hydrogen (secondary N) is 1. The summed E-state index contributed by atoms with van der Waals surface area (Å²) < 4.78 is 0. The van der Waals surface area contributed by atoms with Crippen LogP contribution >= 0.6 is 34.9 Å². The summed E-state index contributed by atoms with van der Waals surface area (Å²) in [6, 6.07) is 2.77. The monoisotopic (exact) mass is 506 g/mol. The molecule has 14 heteroatoms. The average molecular weight is 507 g/mol. The van der Waals surface area contributed by atoms with Crippen LogP contribution in [0.3, 0.4) is 0 Å². The van der Waals surface area contributed by atoms with Gasteiger partial charge in [-0.2, -0.15) is 0 Å². The van der Waals surface area contributed by atoms with Gasteiger partial charge in [0.1, 0.15) is 29.9 Å². The highest BCUT2D eigenvalue weighted by Crippen LogP contribution is 2.41. The van der Waals surface area contributed by atoms with Crippen LogP contribution < -0.4 is 11.1 Å². The van der Waals surface area contributed by atoms with Gasteiger partial charge >= 0.3 is 5.97 Å². The molecule has 0 saturated carbocycles. The third-order valence-electron chi connectivity index (χ3n) is 4.76. The quantitative estimate of drug-likeness (QED) is 0.204. The summed E-state index contributed by atoms with van der Waals surface area (Å²) in [5.74, 6) is -1.51. The molecular weight excluding hydrogens is 488 g/mol. The second-order valence-corrected chi connectivity index (χ2v) is 9.83. The number of thioether (sulfide) groups is 2. The van der Waals surface area contributed by atoms with Crippen LogP contribution in [0.1, 0.15) is 5.69 Å². The van der Waals surface area contributed by atoms with E-state index >= 15 is 0 Å². The lowest BCUT2D eigenvalue weighted by Crippen LogP contribution is -2.71. The number of carboxylic acids is 1. The van der Waals surface area contributed by atoms with Crippen molar-refractivity contribution in [3.05, 3.63) is 46.9 Å². The van der Waals surface area contributed by atoms with Crippen LogP contribution in [0.5, 0.6) is 0 Å². The molecule has 0 spiro atoms. The van der Waals surface area contributed by atoms with Gasteiger partial charge in [0, 0.05) is 34.2 Å². The van der Waals surface area contributed by atoms with E-state index in [1.54, 1.807) is 17.8 Å². The molecule has 0 aliphatic carbocycles. The van der Waals surface area contributed by atoms with Gasteiger partial charge in [0.15, 0.2) is 10.8 Å². The molecule has 2 amide bonds. The van der Waals surface area contributed by atoms with Crippen molar-refractivity contribution in [1.82, 2.24) is 20.2 Å². The van der Waals surface area contributed by atoms with Crippen molar-refractivity contribution in [1.29, 1.82) is 0 Å². The number of hydrogen-bond acceptors (Lipinski definition) is 11. The maximum atomic E-state index is 12.9. The first kappa shape index (κ1) is 23.1. The maximum Gasteiger partial charge on any atom is 0.352 e. The predicted molar refractivity (Wildman–Crippen MR) is 125 cm³/mol. The molecule has 172 valence electrons. The zero-order valence-corrected chi connectivity index (χ0v) is 19.6. The van der Waals surface area contributed by atoms with E-state index in [-0.39, 0.29) is 22.2 Å². The molecule has 0 unspecified atom stereocenters. The number of β-lactam (4-membered cyclic amide) rings is 1. The summed E-state index contributed by atoms with van der Waals surface area (Å²) in [7, 11) is 1.28. The number of carbonyl (C=O) groups is 3. The number of rotatable bonds is 8. The molecule has 0 aromatic carbocycles. The first-order chi connectivity index (χ1) is 15.9. The van der Waals surface area contributed by atoms with Gasteiger partial charge in [0.25, 0.3) is 11.8 Å². The Morgan fingerprint density at radius 3 is 2.82 bits per heavy atom. The molecule has 33 heavy (non-hydrogen) atoms. The normalized spacial score (nSPS) is 20.2. The Hall–Kier alpha value is -3.10. The molecule has 0 radical (unpaired) electrons. The number of carbonyl (C=O) groups excluding carboxylic acids is 2. The highest BCUT2D eigenvalue weighted by Gasteiger charge is 2.54. The van der Waals surface area contributed by atoms with E-state index in [1.165, 1.54) is 35.5 Å². The summed E-state index contributed by atoms with van der Waals surface area (Å²) in [4.78, 5) is 52.6. The number of pyridine rings is 1. The molecule has 2 aromatic heterocycles. The van der Waals surface area contributed by atoms with Gasteiger partial charge in [0.05, 0.1) is 0 Å². The largest absolute Gasteiger partial charge is 0.477 e. The van der Waals surface area contributed by atoms with E-state index in [4.69, 9.17) is 10.6 Å². The Kier molecular flexibility index (Phi) is 6.85. The zero-order chi connectivity index (χ0) is 23.5. The second-order valence-electron chi connectivity index (χ2n) is 6.78. The standard InChI is InChI=1S/C19H18N6O5S3/c1-30-24-12(11-8-33-19(20)22-11)15(26)23-13-16(27)25-14(18(28)29)9(7-32-17(13)25)6-31-10-2-4-21-5-3-10/h2-5,8,13,17H,6-7H2,1H3,(H2,20,22)(H,23,26)(H,28,29)/t13-,17+/m1/s1. The van der Waals surface area contributed by atoms with Gasteiger partial charge < -0.3 is 21.0 Å². The number of anilines is 1. The Morgan fingerprint density at radius 1 is 1.42 bits per heavy atom. The van der Waals surface area contributed by atoms with Crippen LogP contribution in [0.15, 0.2) is 51.2 Å². The third kappa shape index (κ3) is 4.67. The minimum atomic E-state index is -1.18. The van der Waals surface area contributed by atoms with Crippen LogP contribution in [0.25, 0.3) is 0 Å². The average Bonchev–Trinajstić information content (AvgIpc) is 3.25. The highest BCUT2D eigenvalue weighted by atomic mass is 32.2. The minimum absolute atomic E-state index is 0.0335. The van der Waals surface area contributed by atoms with E-state index in [0.717, 1.165) is 16.2 Å². The van der Waals surface area contributed by atoms with Crippen molar-refractivity contribution in [2.24, 2.45) is 5.16 Å². The van der Waals surface area contributed by atoms with Crippen LogP contribution in [0, 0.1) is 0 Å². The Balaban J connectivity index is 1.49. The van der Waals surface area contributed by atoms with Crippen molar-refractivity contribution < 1.29 is 24.3 Å². The lowest BCUT2D eigenvalue weighted by Gasteiger charge is -2.49. The number of fused-ring (bicyclic) bond motifs is 1. The van der Waals surface area contributed by atoms with Gasteiger partial charge in [-0.15, -0.1) is 34.9 Å². The first-order valence-corrected chi connectivity index (χ1v) is 12.4. The van der Waals surface area contributed by atoms with Crippen LogP contribution in [0.4, 0.5) is 5.13 Å². The Labute approximate surface area is 200 Å². The predicted octanol–water partition coefficient (Wildman–Crippen LogP) is 1.00. The molecule has 0 bridgehead atoms. The summed E-state index contributed by atoms with van der Waals surface area (Å²) in [5, 5.41) is 17.4. The van der Waals surface area contributed by atoms with Crippen molar-refractivity contribution in [3.63, 3.8) is 0 Å². The fourth-order valence-electron chi connectivity index (χ4n) is 3.30. The van der Waals surface area contributed by atoms with Crippen LogP contribution in [0.2, 0.25) is 0 Å². The maximum absolute atomic E-state index is 12.9. The number of carboxylic acid groups (broad SMARTS) is 1. The van der Waals surface area contributed by atoms with Crippen molar-refractivity contribution in [3.8, 4) is 0 Å². The topological polar surface area (TPSA) is 160 Å². The van der Waals surface area contributed by atoms with Crippen molar-refractivity contribution >= 4 is 63.5 Å². The van der Waals surface area contributed by atoms with E-state index < -0.39 is 29.2 Å². The molecule has 2 aliphatic rings. The van der Waals surface area contributed by atoms with Gasteiger partial charge in [-0.3, -0.25) is 19.5 Å². The number of nitrogens with zero attached hydrogens (tertiary/aromatic N) is 4. The van der Waals surface area contributed by atoms with E-state index in [2.05, 4.69) is 20.4 Å². The molecule has 2 atom stereocenters. The number of aliphatic carboxylic acids is 1. The van der Waals surface area contributed by atoms with E-state index in [9.17, 15) is 19.5 Å². The van der Waals surface area contributed by atoms with Gasteiger partial charge in [-0.05, 0) is 17.7 Å². The summed E-state index contributed by atoms with van der Waals surface area (Å²) in [6.45, 7) is 0. The second kappa shape index (κ2) is 9.80. The number of thiazole rings is 1. The SMILES string of the molecule is CON=C(C(=O)N[C@@H]1C(=O)N2C(C(=O)O)=C(CSc3ccncc3)CS[C@@H]12)c1csc(N)n1. The Bertz CT molecular complexity index is 1150. The lowest BCUT2D eigenvalue weighted by atomic mass is 10.0. The highest BCUT2D eigenvalue weighted by molar-refractivity contribution is 8.01. The summed E-state index contributed by atoms with van der Waals surface area (Å²) in [6.07, 6.45) is 3.32. The number of oxime groups is 1. The van der Waals surface area contributed by atoms with Crippen molar-refractivity contribution in [2.45, 2.75) is 16.3 Å². The van der Waals surface area contributed by atoms with E-state index in [0.29, 0.717) is 17.1 Å². The molecule has 2 aromatic rings. The zero-order valence-electron chi connectivity index (χ0n) is 17.1. The van der Waals surface area contributed by atoms with Gasteiger partial charge in [-0.1, -0.05) is 5.16 Å². The molecule has 1 fully saturated rings. The van der Waals surface area contributed by atoms with Gasteiger partial charge in [-0.25, -0.2) is 9.78 Å². The van der Waals surface area contributed by atoms with Gasteiger partial charge in [0.2, 0.25) is 0 Å². The smallest absolute Gasteiger partial charge is 0.352 e. The first-order valence-electron chi connectivity index (χ1n) is 9.47. The molecule has 4 heterocycles.